The van der Waals surface area contributed by atoms with E-state index in [1.165, 1.54) is 0 Å². The van der Waals surface area contributed by atoms with Crippen LogP contribution in [0.25, 0.3) is 17.0 Å². The molecule has 0 radical (unpaired) electrons. The van der Waals surface area contributed by atoms with E-state index >= 15 is 0 Å². The number of aromatic nitrogens is 5. The molecule has 3 aromatic heterocycles. The Morgan fingerprint density at radius 1 is 1.39 bits per heavy atom. The van der Waals surface area contributed by atoms with Gasteiger partial charge in [-0.15, -0.1) is 12.4 Å². The molecule has 0 atom stereocenters. The Kier molecular flexibility index (Phi) is 4.92. The lowest BCUT2D eigenvalue weighted by molar-refractivity contribution is -0.120. The van der Waals surface area contributed by atoms with Gasteiger partial charge in [0.2, 0.25) is 17.6 Å². The number of rotatable bonds is 4. The predicted molar refractivity (Wildman–Crippen MR) is 83.9 cm³/mol. The van der Waals surface area contributed by atoms with Gasteiger partial charge in [-0.05, 0) is 19.9 Å². The number of fused-ring (bicyclic) bond motifs is 1. The number of hydrogen-bond donors (Lipinski definition) is 2. The summed E-state index contributed by atoms with van der Waals surface area (Å²) in [5.41, 5.74) is 8.39. The Hall–Kier alpha value is -2.52. The molecule has 0 aliphatic carbocycles. The molecule has 0 unspecified atom stereocenters. The number of carbonyl (C=O) groups excluding carboxylic acids is 1. The molecular weight excluding hydrogens is 322 g/mol. The zero-order chi connectivity index (χ0) is 15.7. The van der Waals surface area contributed by atoms with Gasteiger partial charge in [0.15, 0.2) is 5.65 Å². The zero-order valence-electron chi connectivity index (χ0n) is 12.6. The molecule has 1 amide bonds. The molecular formula is C13H16ClN7O2. The van der Waals surface area contributed by atoms with E-state index < -0.39 is 0 Å². The highest BCUT2D eigenvalue weighted by atomic mass is 35.5. The van der Waals surface area contributed by atoms with Crippen LogP contribution in [0.15, 0.2) is 16.8 Å². The third-order valence-electron chi connectivity index (χ3n) is 3.11. The molecule has 3 aromatic rings. The molecule has 0 saturated heterocycles. The van der Waals surface area contributed by atoms with Crippen molar-refractivity contribution in [3.63, 3.8) is 0 Å². The second-order valence-corrected chi connectivity index (χ2v) is 4.83. The monoisotopic (exact) mass is 337 g/mol. The fraction of sp³-hybridized carbons (Fsp3) is 0.308. The van der Waals surface area contributed by atoms with Gasteiger partial charge >= 0.3 is 0 Å². The van der Waals surface area contributed by atoms with E-state index in [2.05, 4.69) is 25.5 Å². The predicted octanol–water partition coefficient (Wildman–Crippen LogP) is 0.393. The Balaban J connectivity index is 0.00000192. The molecule has 23 heavy (non-hydrogen) atoms. The van der Waals surface area contributed by atoms with Crippen LogP contribution < -0.4 is 11.1 Å². The molecule has 0 saturated carbocycles. The maximum Gasteiger partial charge on any atom is 0.246 e. The summed E-state index contributed by atoms with van der Waals surface area (Å²) in [7, 11) is 0. The zero-order valence-corrected chi connectivity index (χ0v) is 13.4. The molecule has 3 N–H and O–H groups in total. The number of carbonyl (C=O) groups is 1. The summed E-state index contributed by atoms with van der Waals surface area (Å²) in [6.45, 7) is 3.90. The fourth-order valence-electron chi connectivity index (χ4n) is 2.11. The maximum absolute atomic E-state index is 11.1. The number of amides is 1. The Bertz CT molecular complexity index is 842. The summed E-state index contributed by atoms with van der Waals surface area (Å²) < 4.78 is 6.83. The molecule has 0 aliphatic heterocycles. The van der Waals surface area contributed by atoms with Gasteiger partial charge in [0, 0.05) is 11.4 Å². The Labute approximate surface area is 137 Å². The number of halogens is 1. The minimum absolute atomic E-state index is 0. The van der Waals surface area contributed by atoms with Crippen molar-refractivity contribution in [1.82, 2.24) is 30.1 Å². The van der Waals surface area contributed by atoms with E-state index in [0.717, 1.165) is 11.4 Å². The molecule has 10 heteroatoms. The molecule has 9 nitrogen and oxygen atoms in total. The summed E-state index contributed by atoms with van der Waals surface area (Å²) >= 11 is 0. The molecule has 3 heterocycles. The first-order chi connectivity index (χ1) is 10.6. The summed E-state index contributed by atoms with van der Waals surface area (Å²) in [6.07, 6.45) is 1.64. The highest BCUT2D eigenvalue weighted by Gasteiger charge is 2.16. The average Bonchev–Trinajstić information content (AvgIpc) is 3.10. The van der Waals surface area contributed by atoms with Crippen LogP contribution >= 0.6 is 12.4 Å². The first kappa shape index (κ1) is 16.8. The van der Waals surface area contributed by atoms with Gasteiger partial charge in [0.25, 0.3) is 0 Å². The smallest absolute Gasteiger partial charge is 0.246 e. The van der Waals surface area contributed by atoms with E-state index in [9.17, 15) is 4.79 Å². The highest BCUT2D eigenvalue weighted by molar-refractivity contribution is 5.85. The lowest BCUT2D eigenvalue weighted by Crippen LogP contribution is -2.29. The van der Waals surface area contributed by atoms with Crippen LogP contribution in [0.5, 0.6) is 0 Å². The summed E-state index contributed by atoms with van der Waals surface area (Å²) in [6, 6.07) is 1.94. The van der Waals surface area contributed by atoms with Crippen molar-refractivity contribution in [2.75, 3.05) is 6.54 Å². The first-order valence-corrected chi connectivity index (χ1v) is 6.70. The van der Waals surface area contributed by atoms with Crippen LogP contribution in [0.2, 0.25) is 0 Å². The molecule has 0 aromatic carbocycles. The van der Waals surface area contributed by atoms with Gasteiger partial charge in [0.1, 0.15) is 0 Å². The lowest BCUT2D eigenvalue weighted by atomic mass is 10.3. The second-order valence-electron chi connectivity index (χ2n) is 4.83. The molecule has 0 bridgehead atoms. The molecule has 0 fully saturated rings. The van der Waals surface area contributed by atoms with Crippen LogP contribution in [0.1, 0.15) is 17.3 Å². The van der Waals surface area contributed by atoms with Gasteiger partial charge in [-0.2, -0.15) is 10.1 Å². The number of hydrogen-bond acceptors (Lipinski definition) is 7. The third kappa shape index (κ3) is 3.30. The van der Waals surface area contributed by atoms with Crippen LogP contribution in [0.3, 0.4) is 0 Å². The molecule has 0 aliphatic rings. The van der Waals surface area contributed by atoms with E-state index in [1.807, 2.05) is 19.9 Å². The minimum atomic E-state index is -0.288. The maximum atomic E-state index is 11.1. The van der Waals surface area contributed by atoms with Gasteiger partial charge in [-0.1, -0.05) is 5.16 Å². The average molecular weight is 338 g/mol. The number of nitrogens with two attached hydrogens (primary N) is 1. The SMILES string of the molecule is Cc1cc(C)n2ncc(-c3noc(CNC(=O)CN)n3)c2n1.Cl. The number of nitrogens with zero attached hydrogens (tertiary/aromatic N) is 5. The van der Waals surface area contributed by atoms with Crippen molar-refractivity contribution >= 4 is 24.0 Å². The number of nitrogens with one attached hydrogen (secondary N) is 1. The van der Waals surface area contributed by atoms with Crippen molar-refractivity contribution in [3.8, 4) is 11.4 Å². The van der Waals surface area contributed by atoms with E-state index in [4.69, 9.17) is 10.3 Å². The van der Waals surface area contributed by atoms with Gasteiger partial charge < -0.3 is 15.6 Å². The Morgan fingerprint density at radius 2 is 2.17 bits per heavy atom. The van der Waals surface area contributed by atoms with Crippen LogP contribution in [-0.2, 0) is 11.3 Å². The summed E-state index contributed by atoms with van der Waals surface area (Å²) in [5.74, 6) is 0.383. The molecule has 122 valence electrons. The first-order valence-electron chi connectivity index (χ1n) is 6.70. The largest absolute Gasteiger partial charge is 0.346 e. The van der Waals surface area contributed by atoms with Crippen molar-refractivity contribution in [3.05, 3.63) is 29.5 Å². The van der Waals surface area contributed by atoms with Crippen molar-refractivity contribution < 1.29 is 9.32 Å². The second kappa shape index (κ2) is 6.71. The van der Waals surface area contributed by atoms with Crippen molar-refractivity contribution in [2.45, 2.75) is 20.4 Å². The van der Waals surface area contributed by atoms with E-state index in [1.54, 1.807) is 10.7 Å². The molecule has 0 spiro atoms. The highest BCUT2D eigenvalue weighted by Crippen LogP contribution is 2.21. The number of aryl methyl sites for hydroxylation is 2. The fourth-order valence-corrected chi connectivity index (χ4v) is 2.11. The van der Waals surface area contributed by atoms with Crippen LogP contribution in [-0.4, -0.2) is 37.2 Å². The van der Waals surface area contributed by atoms with Crippen LogP contribution in [0, 0.1) is 13.8 Å². The van der Waals surface area contributed by atoms with Gasteiger partial charge in [-0.25, -0.2) is 9.50 Å². The van der Waals surface area contributed by atoms with Gasteiger partial charge in [0.05, 0.1) is 24.8 Å². The molecule has 3 rings (SSSR count). The standard InChI is InChI=1S/C13H15N7O2.ClH/c1-7-3-8(2)20-13(17-7)9(5-16-20)12-18-11(22-19-12)6-15-10(21)4-14;/h3,5H,4,6,14H2,1-2H3,(H,15,21);1H. The van der Waals surface area contributed by atoms with Gasteiger partial charge in [-0.3, -0.25) is 4.79 Å². The van der Waals surface area contributed by atoms with Crippen molar-refractivity contribution in [2.24, 2.45) is 5.73 Å². The van der Waals surface area contributed by atoms with E-state index in [-0.39, 0.29) is 31.4 Å². The van der Waals surface area contributed by atoms with Crippen molar-refractivity contribution in [1.29, 1.82) is 0 Å². The third-order valence-corrected chi connectivity index (χ3v) is 3.11. The minimum Gasteiger partial charge on any atom is -0.346 e. The Morgan fingerprint density at radius 3 is 2.91 bits per heavy atom. The quantitative estimate of drug-likeness (QED) is 0.705. The summed E-state index contributed by atoms with van der Waals surface area (Å²) in [5, 5.41) is 10.8. The van der Waals surface area contributed by atoms with Crippen LogP contribution in [0.4, 0.5) is 0 Å². The topological polar surface area (TPSA) is 124 Å². The van der Waals surface area contributed by atoms with E-state index in [0.29, 0.717) is 22.9 Å². The summed E-state index contributed by atoms with van der Waals surface area (Å²) in [4.78, 5) is 19.8. The lowest BCUT2D eigenvalue weighted by Gasteiger charge is -2.00. The normalized spacial score (nSPS) is 10.6.